The fourth-order valence-corrected chi connectivity index (χ4v) is 3.22. The van der Waals surface area contributed by atoms with Gasteiger partial charge in [0.05, 0.1) is 32.0 Å². The number of ether oxygens (including phenoxy) is 4. The monoisotopic (exact) mass is 370 g/mol. The van der Waals surface area contributed by atoms with Crippen LogP contribution >= 0.6 is 0 Å². The summed E-state index contributed by atoms with van der Waals surface area (Å²) in [6.45, 7) is 2.14. The molecule has 144 valence electrons. The maximum absolute atomic E-state index is 11.6. The van der Waals surface area contributed by atoms with E-state index >= 15 is 0 Å². The Balaban J connectivity index is 1.55. The molecule has 2 aromatic carbocycles. The predicted molar refractivity (Wildman–Crippen MR) is 102 cm³/mol. The molecule has 1 saturated carbocycles. The molecule has 1 aliphatic rings. The zero-order chi connectivity index (χ0) is 19.2. The molecule has 0 spiro atoms. The Bertz CT molecular complexity index is 753. The third-order valence-corrected chi connectivity index (χ3v) is 4.83. The molecule has 2 aromatic rings. The van der Waals surface area contributed by atoms with Gasteiger partial charge in [0.15, 0.2) is 11.5 Å². The summed E-state index contributed by atoms with van der Waals surface area (Å²) in [7, 11) is 2.91. The Hall–Kier alpha value is -2.53. The van der Waals surface area contributed by atoms with Crippen LogP contribution < -0.4 is 9.47 Å². The molecule has 27 heavy (non-hydrogen) atoms. The van der Waals surface area contributed by atoms with Crippen LogP contribution in [0.1, 0.15) is 48.2 Å². The van der Waals surface area contributed by atoms with Crippen molar-refractivity contribution in [2.75, 3.05) is 14.2 Å². The van der Waals surface area contributed by atoms with Gasteiger partial charge in [0.2, 0.25) is 0 Å². The minimum atomic E-state index is -0.400. The van der Waals surface area contributed by atoms with Crippen molar-refractivity contribution < 1.29 is 23.7 Å². The molecule has 3 rings (SSSR count). The van der Waals surface area contributed by atoms with E-state index in [-0.39, 0.29) is 18.3 Å². The molecule has 5 nitrogen and oxygen atoms in total. The van der Waals surface area contributed by atoms with Gasteiger partial charge in [-0.3, -0.25) is 0 Å². The van der Waals surface area contributed by atoms with Gasteiger partial charge in [-0.1, -0.05) is 37.3 Å². The molecule has 0 heterocycles. The number of benzene rings is 2. The molecular formula is C22H26O5. The highest BCUT2D eigenvalue weighted by atomic mass is 16.5. The number of rotatable bonds is 8. The fraction of sp³-hybridized carbons (Fsp3) is 0.409. The van der Waals surface area contributed by atoms with E-state index in [4.69, 9.17) is 18.9 Å². The van der Waals surface area contributed by atoms with Crippen LogP contribution in [0.25, 0.3) is 0 Å². The molecule has 0 aliphatic heterocycles. The van der Waals surface area contributed by atoms with Crippen LogP contribution in [0.4, 0.5) is 0 Å². The summed E-state index contributed by atoms with van der Waals surface area (Å²) in [4.78, 5) is 11.6. The average Bonchev–Trinajstić information content (AvgIpc) is 2.69. The number of esters is 1. The van der Waals surface area contributed by atoms with Crippen molar-refractivity contribution >= 4 is 5.97 Å². The Morgan fingerprint density at radius 2 is 1.78 bits per heavy atom. The van der Waals surface area contributed by atoms with Crippen LogP contribution in [0.15, 0.2) is 48.5 Å². The van der Waals surface area contributed by atoms with Gasteiger partial charge in [-0.2, -0.15) is 0 Å². The highest BCUT2D eigenvalue weighted by molar-refractivity contribution is 5.90. The molecule has 0 bridgehead atoms. The lowest BCUT2D eigenvalue weighted by Crippen LogP contribution is -2.40. The van der Waals surface area contributed by atoms with Gasteiger partial charge in [0.1, 0.15) is 6.10 Å². The van der Waals surface area contributed by atoms with Gasteiger partial charge in [-0.15, -0.1) is 0 Å². The van der Waals surface area contributed by atoms with Crippen molar-refractivity contribution in [3.63, 3.8) is 0 Å². The van der Waals surface area contributed by atoms with Crippen molar-refractivity contribution in [1.29, 1.82) is 0 Å². The summed E-state index contributed by atoms with van der Waals surface area (Å²) in [5.74, 6) is 0.755. The van der Waals surface area contributed by atoms with Crippen LogP contribution in [0, 0.1) is 0 Å². The van der Waals surface area contributed by atoms with Crippen molar-refractivity contribution in [3.05, 3.63) is 59.7 Å². The largest absolute Gasteiger partial charge is 0.493 e. The van der Waals surface area contributed by atoms with E-state index in [0.717, 1.165) is 19.3 Å². The van der Waals surface area contributed by atoms with Crippen molar-refractivity contribution in [2.45, 2.75) is 44.5 Å². The Labute approximate surface area is 160 Å². The highest BCUT2D eigenvalue weighted by Crippen LogP contribution is 2.36. The maximum atomic E-state index is 11.6. The molecule has 0 amide bonds. The first-order chi connectivity index (χ1) is 13.1. The number of carbonyl (C=O) groups is 1. The lowest BCUT2D eigenvalue weighted by atomic mass is 9.91. The van der Waals surface area contributed by atoms with E-state index in [1.165, 1.54) is 12.7 Å². The molecular weight excluding hydrogens is 344 g/mol. The van der Waals surface area contributed by atoms with E-state index < -0.39 is 5.97 Å². The summed E-state index contributed by atoms with van der Waals surface area (Å²) in [6, 6.07) is 15.4. The van der Waals surface area contributed by atoms with Gasteiger partial charge >= 0.3 is 5.97 Å². The molecule has 0 radical (unpaired) electrons. The fourth-order valence-electron chi connectivity index (χ4n) is 3.22. The zero-order valence-corrected chi connectivity index (χ0v) is 16.0. The van der Waals surface area contributed by atoms with Gasteiger partial charge in [0, 0.05) is 12.8 Å². The van der Waals surface area contributed by atoms with Crippen molar-refractivity contribution in [3.8, 4) is 11.5 Å². The molecule has 5 heteroatoms. The smallest absolute Gasteiger partial charge is 0.337 e. The predicted octanol–water partition coefficient (Wildman–Crippen LogP) is 4.56. The number of carbonyl (C=O) groups excluding carboxylic acids is 1. The van der Waals surface area contributed by atoms with Crippen molar-refractivity contribution in [2.24, 2.45) is 0 Å². The number of methoxy groups -OCH3 is 2. The topological polar surface area (TPSA) is 54.0 Å². The van der Waals surface area contributed by atoms with Crippen LogP contribution in [-0.4, -0.2) is 32.4 Å². The molecule has 1 fully saturated rings. The second-order valence-electron chi connectivity index (χ2n) is 6.63. The molecule has 1 atom stereocenters. The van der Waals surface area contributed by atoms with E-state index in [0.29, 0.717) is 17.1 Å². The second kappa shape index (κ2) is 8.91. The second-order valence-corrected chi connectivity index (χ2v) is 6.63. The van der Waals surface area contributed by atoms with Gasteiger partial charge in [0.25, 0.3) is 0 Å². The SMILES string of the molecule is CCC(OC1CC(Oc2ccc(C(=O)OC)cc2OC)C1)c1ccccc1. The van der Waals surface area contributed by atoms with E-state index in [1.54, 1.807) is 25.3 Å². The Morgan fingerprint density at radius 1 is 1.04 bits per heavy atom. The summed E-state index contributed by atoms with van der Waals surface area (Å²) < 4.78 is 22.4. The van der Waals surface area contributed by atoms with Gasteiger partial charge in [-0.25, -0.2) is 4.79 Å². The van der Waals surface area contributed by atoms with Gasteiger partial charge in [-0.05, 0) is 30.2 Å². The number of hydrogen-bond donors (Lipinski definition) is 0. The highest BCUT2D eigenvalue weighted by Gasteiger charge is 2.34. The molecule has 0 saturated heterocycles. The normalized spacial score (nSPS) is 19.7. The Kier molecular flexibility index (Phi) is 6.35. The molecule has 0 aromatic heterocycles. The minimum Gasteiger partial charge on any atom is -0.493 e. The van der Waals surface area contributed by atoms with Crippen molar-refractivity contribution in [1.82, 2.24) is 0 Å². The van der Waals surface area contributed by atoms with E-state index in [2.05, 4.69) is 19.1 Å². The standard InChI is InChI=1S/C22H26O5/c1-4-19(15-8-6-5-7-9-15)26-17-13-18(14-17)27-20-11-10-16(22(23)25-3)12-21(20)24-2/h5-12,17-19H,4,13-14H2,1-3H3. The third kappa shape index (κ3) is 4.61. The van der Waals surface area contributed by atoms with Crippen LogP contribution in [0.3, 0.4) is 0 Å². The summed E-state index contributed by atoms with van der Waals surface area (Å²) in [5, 5.41) is 0. The van der Waals surface area contributed by atoms with Crippen LogP contribution in [-0.2, 0) is 9.47 Å². The van der Waals surface area contributed by atoms with Gasteiger partial charge < -0.3 is 18.9 Å². The first-order valence-corrected chi connectivity index (χ1v) is 9.28. The maximum Gasteiger partial charge on any atom is 0.337 e. The van der Waals surface area contributed by atoms with E-state index in [1.807, 2.05) is 18.2 Å². The lowest BCUT2D eigenvalue weighted by molar-refractivity contribution is -0.0990. The minimum absolute atomic E-state index is 0.0844. The third-order valence-electron chi connectivity index (χ3n) is 4.83. The zero-order valence-electron chi connectivity index (χ0n) is 16.0. The summed E-state index contributed by atoms with van der Waals surface area (Å²) in [5.41, 5.74) is 1.65. The summed E-state index contributed by atoms with van der Waals surface area (Å²) >= 11 is 0. The van der Waals surface area contributed by atoms with Crippen LogP contribution in [0.5, 0.6) is 11.5 Å². The summed E-state index contributed by atoms with van der Waals surface area (Å²) in [6.07, 6.45) is 3.01. The first-order valence-electron chi connectivity index (χ1n) is 9.28. The lowest BCUT2D eigenvalue weighted by Gasteiger charge is -2.37. The number of hydrogen-bond acceptors (Lipinski definition) is 5. The van der Waals surface area contributed by atoms with E-state index in [9.17, 15) is 4.79 Å². The Morgan fingerprint density at radius 3 is 2.41 bits per heavy atom. The molecule has 1 aliphatic carbocycles. The first kappa shape index (κ1) is 19.2. The quantitative estimate of drug-likeness (QED) is 0.638. The van der Waals surface area contributed by atoms with Crippen LogP contribution in [0.2, 0.25) is 0 Å². The molecule has 1 unspecified atom stereocenters. The molecule has 0 N–H and O–H groups in total. The average molecular weight is 370 g/mol.